The molecule has 1 amide bonds. The van der Waals surface area contributed by atoms with E-state index in [1.54, 1.807) is 12.1 Å². The molecule has 1 aromatic heterocycles. The summed E-state index contributed by atoms with van der Waals surface area (Å²) in [6.45, 7) is 5.10. The third-order valence-electron chi connectivity index (χ3n) is 5.63. The van der Waals surface area contributed by atoms with E-state index in [1.165, 1.54) is 12.1 Å². The van der Waals surface area contributed by atoms with Gasteiger partial charge in [0.25, 0.3) is 5.91 Å². The summed E-state index contributed by atoms with van der Waals surface area (Å²) in [6.07, 6.45) is 3.52. The highest BCUT2D eigenvalue weighted by molar-refractivity contribution is 5.93. The van der Waals surface area contributed by atoms with Crippen molar-refractivity contribution >= 4 is 18.3 Å². The molecule has 7 nitrogen and oxygen atoms in total. The van der Waals surface area contributed by atoms with Crippen molar-refractivity contribution in [2.45, 2.75) is 44.8 Å². The average Bonchev–Trinajstić information content (AvgIpc) is 3.12. The van der Waals surface area contributed by atoms with Crippen LogP contribution in [-0.2, 0) is 0 Å². The van der Waals surface area contributed by atoms with Crippen LogP contribution in [-0.4, -0.2) is 58.1 Å². The number of aromatic nitrogens is 3. The molecule has 3 heterocycles. The Morgan fingerprint density at radius 3 is 2.45 bits per heavy atom. The Bertz CT molecular complexity index is 815. The van der Waals surface area contributed by atoms with Gasteiger partial charge in [0.15, 0.2) is 5.69 Å². The predicted octanol–water partition coefficient (Wildman–Crippen LogP) is 2.76. The van der Waals surface area contributed by atoms with Gasteiger partial charge in [-0.3, -0.25) is 4.79 Å². The molecular weight excluding hydrogens is 397 g/mol. The van der Waals surface area contributed by atoms with E-state index in [-0.39, 0.29) is 30.2 Å². The molecule has 2 aliphatic heterocycles. The minimum absolute atomic E-state index is 0. The number of ether oxygens (including phenoxy) is 1. The molecule has 2 saturated heterocycles. The number of hydrogen-bond acceptors (Lipinski definition) is 5. The van der Waals surface area contributed by atoms with Crippen LogP contribution >= 0.6 is 12.4 Å². The molecule has 4 rings (SSSR count). The molecule has 158 valence electrons. The van der Waals surface area contributed by atoms with Gasteiger partial charge in [0, 0.05) is 25.9 Å². The van der Waals surface area contributed by atoms with E-state index in [0.29, 0.717) is 30.6 Å². The topological polar surface area (TPSA) is 72.3 Å². The Balaban J connectivity index is 0.00000240. The summed E-state index contributed by atoms with van der Waals surface area (Å²) in [5.74, 6) is 0.325. The molecule has 0 aliphatic carbocycles. The van der Waals surface area contributed by atoms with E-state index in [9.17, 15) is 9.18 Å². The van der Waals surface area contributed by atoms with Gasteiger partial charge in [-0.1, -0.05) is 5.21 Å². The fourth-order valence-electron chi connectivity index (χ4n) is 3.97. The summed E-state index contributed by atoms with van der Waals surface area (Å²) in [6, 6.07) is 6.36. The van der Waals surface area contributed by atoms with Crippen LogP contribution in [0.2, 0.25) is 0 Å². The van der Waals surface area contributed by atoms with Crippen LogP contribution in [0.1, 0.15) is 47.9 Å². The highest BCUT2D eigenvalue weighted by atomic mass is 35.5. The van der Waals surface area contributed by atoms with Crippen LogP contribution in [0, 0.1) is 12.7 Å². The first-order valence-electron chi connectivity index (χ1n) is 9.96. The number of carbonyl (C=O) groups is 1. The Morgan fingerprint density at radius 2 is 1.79 bits per heavy atom. The van der Waals surface area contributed by atoms with Gasteiger partial charge >= 0.3 is 0 Å². The van der Waals surface area contributed by atoms with Gasteiger partial charge < -0.3 is 15.0 Å². The van der Waals surface area contributed by atoms with Gasteiger partial charge in [0.2, 0.25) is 0 Å². The van der Waals surface area contributed by atoms with Gasteiger partial charge in [-0.25, -0.2) is 9.07 Å². The number of hydrogen-bond donors (Lipinski definition) is 1. The number of benzene rings is 1. The van der Waals surface area contributed by atoms with Crippen LogP contribution in [0.25, 0.3) is 0 Å². The van der Waals surface area contributed by atoms with Crippen LogP contribution < -0.4 is 10.1 Å². The van der Waals surface area contributed by atoms with E-state index in [0.717, 1.165) is 44.5 Å². The second-order valence-corrected chi connectivity index (χ2v) is 7.51. The number of amides is 1. The van der Waals surface area contributed by atoms with Crippen molar-refractivity contribution < 1.29 is 13.9 Å². The molecule has 2 aliphatic rings. The molecule has 0 unspecified atom stereocenters. The smallest absolute Gasteiger partial charge is 0.276 e. The first-order valence-corrected chi connectivity index (χ1v) is 9.96. The summed E-state index contributed by atoms with van der Waals surface area (Å²) in [5, 5.41) is 11.8. The number of carbonyl (C=O) groups excluding carboxylic acids is 1. The van der Waals surface area contributed by atoms with Crippen molar-refractivity contribution in [1.29, 1.82) is 0 Å². The third-order valence-corrected chi connectivity index (χ3v) is 5.63. The lowest BCUT2D eigenvalue weighted by atomic mass is 10.1. The Kier molecular flexibility index (Phi) is 7.08. The molecule has 2 fully saturated rings. The average molecular weight is 424 g/mol. The van der Waals surface area contributed by atoms with Crippen molar-refractivity contribution in [1.82, 2.24) is 25.2 Å². The van der Waals surface area contributed by atoms with Crippen molar-refractivity contribution in [3.8, 4) is 5.75 Å². The van der Waals surface area contributed by atoms with Crippen LogP contribution in [0.5, 0.6) is 5.75 Å². The molecule has 0 saturated carbocycles. The zero-order valence-electron chi connectivity index (χ0n) is 16.5. The second-order valence-electron chi connectivity index (χ2n) is 7.51. The highest BCUT2D eigenvalue weighted by Gasteiger charge is 2.29. The first-order chi connectivity index (χ1) is 13.6. The largest absolute Gasteiger partial charge is 0.490 e. The lowest BCUT2D eigenvalue weighted by Crippen LogP contribution is -2.42. The van der Waals surface area contributed by atoms with Gasteiger partial charge in [-0.05, 0) is 57.1 Å². The van der Waals surface area contributed by atoms with Gasteiger partial charge in [0.05, 0.1) is 11.7 Å². The highest BCUT2D eigenvalue weighted by Crippen LogP contribution is 2.23. The Hall–Kier alpha value is -2.19. The van der Waals surface area contributed by atoms with E-state index in [2.05, 4.69) is 15.6 Å². The molecule has 9 heteroatoms. The zero-order chi connectivity index (χ0) is 19.5. The number of rotatable bonds is 4. The number of nitrogens with zero attached hydrogens (tertiary/aromatic N) is 4. The van der Waals surface area contributed by atoms with Gasteiger partial charge in [0.1, 0.15) is 17.7 Å². The maximum Gasteiger partial charge on any atom is 0.276 e. The van der Waals surface area contributed by atoms with E-state index in [1.807, 2.05) is 16.5 Å². The van der Waals surface area contributed by atoms with Crippen LogP contribution in [0.4, 0.5) is 4.39 Å². The van der Waals surface area contributed by atoms with E-state index < -0.39 is 0 Å². The van der Waals surface area contributed by atoms with E-state index in [4.69, 9.17) is 4.74 Å². The number of piperidine rings is 2. The molecule has 29 heavy (non-hydrogen) atoms. The molecule has 1 aromatic carbocycles. The minimum atomic E-state index is -0.277. The Morgan fingerprint density at radius 1 is 1.14 bits per heavy atom. The van der Waals surface area contributed by atoms with Crippen molar-refractivity contribution in [3.05, 3.63) is 41.5 Å². The first kappa shape index (κ1) is 21.5. The number of likely N-dealkylation sites (tertiary alicyclic amines) is 1. The Labute approximate surface area is 176 Å². The molecule has 0 spiro atoms. The molecule has 0 bridgehead atoms. The summed E-state index contributed by atoms with van der Waals surface area (Å²) in [7, 11) is 0. The monoisotopic (exact) mass is 423 g/mol. The van der Waals surface area contributed by atoms with Gasteiger partial charge in [-0.2, -0.15) is 0 Å². The summed E-state index contributed by atoms with van der Waals surface area (Å²) >= 11 is 0. The number of halogens is 2. The lowest BCUT2D eigenvalue weighted by molar-refractivity contribution is 0.0589. The third kappa shape index (κ3) is 4.87. The minimum Gasteiger partial charge on any atom is -0.490 e. The molecule has 0 atom stereocenters. The molecular formula is C20H27ClFN5O2. The van der Waals surface area contributed by atoms with Crippen molar-refractivity contribution in [2.75, 3.05) is 26.2 Å². The second kappa shape index (κ2) is 9.54. The summed E-state index contributed by atoms with van der Waals surface area (Å²) < 4.78 is 20.8. The maximum absolute atomic E-state index is 13.0. The quantitative estimate of drug-likeness (QED) is 0.818. The molecule has 1 N–H and O–H groups in total. The van der Waals surface area contributed by atoms with Gasteiger partial charge in [-0.15, -0.1) is 17.5 Å². The van der Waals surface area contributed by atoms with Crippen molar-refractivity contribution in [2.24, 2.45) is 0 Å². The standard InChI is InChI=1S/C20H26FN5O2.ClH/c1-14-19(23-24-26(14)16-6-10-22-11-7-16)20(27)25-12-8-18(9-13-25)28-17-4-2-15(21)3-5-17;/h2-5,16,18,22H,6-13H2,1H3;1H. The lowest BCUT2D eigenvalue weighted by Gasteiger charge is -2.32. The van der Waals surface area contributed by atoms with Crippen molar-refractivity contribution in [3.63, 3.8) is 0 Å². The van der Waals surface area contributed by atoms with E-state index >= 15 is 0 Å². The summed E-state index contributed by atoms with van der Waals surface area (Å²) in [5.41, 5.74) is 1.30. The molecule has 2 aromatic rings. The van der Waals surface area contributed by atoms with Crippen LogP contribution in [0.15, 0.2) is 24.3 Å². The fourth-order valence-corrected chi connectivity index (χ4v) is 3.97. The molecule has 0 radical (unpaired) electrons. The predicted molar refractivity (Wildman–Crippen MR) is 109 cm³/mol. The number of nitrogens with one attached hydrogen (secondary N) is 1. The fraction of sp³-hybridized carbons (Fsp3) is 0.550. The maximum atomic E-state index is 13.0. The summed E-state index contributed by atoms with van der Waals surface area (Å²) in [4.78, 5) is 14.8. The SMILES string of the molecule is Cc1c(C(=O)N2CCC(Oc3ccc(F)cc3)CC2)nnn1C1CCNCC1.Cl. The van der Waals surface area contributed by atoms with Crippen LogP contribution in [0.3, 0.4) is 0 Å². The zero-order valence-corrected chi connectivity index (χ0v) is 17.3. The normalized spacial score (nSPS) is 18.3.